The fraction of sp³-hybridized carbons (Fsp3) is 0.136. The number of carbonyl (C=O) groups excluding carboxylic acids is 1. The molecule has 2 nitrogen and oxygen atoms in total. The van der Waals surface area contributed by atoms with Crippen LogP contribution in [-0.2, 0) is 22.4 Å². The Hall–Kier alpha value is -2.43. The molecule has 0 radical (unpaired) electrons. The van der Waals surface area contributed by atoms with Crippen LogP contribution in [0.3, 0.4) is 0 Å². The summed E-state index contributed by atoms with van der Waals surface area (Å²) in [6, 6.07) is 21.2. The second-order valence-corrected chi connectivity index (χ2v) is 9.01. The number of thiophene rings is 2. The molecule has 0 bridgehead atoms. The molecule has 0 aliphatic carbocycles. The van der Waals surface area contributed by atoms with E-state index >= 15 is 0 Å². The van der Waals surface area contributed by atoms with Gasteiger partial charge in [-0.3, -0.25) is 0 Å². The Morgan fingerprint density at radius 1 is 0.808 bits per heavy atom. The average Bonchev–Trinajstić information content (AvgIpc) is 3.31. The number of esters is 1. The van der Waals surface area contributed by atoms with Crippen molar-refractivity contribution in [3.63, 3.8) is 0 Å². The first-order valence-corrected chi connectivity index (χ1v) is 10.2. The van der Waals surface area contributed by atoms with E-state index in [0.29, 0.717) is 12.8 Å². The van der Waals surface area contributed by atoms with E-state index in [0.717, 1.165) is 0 Å². The predicted molar refractivity (Wildman–Crippen MR) is 109 cm³/mol. The molecular weight excluding hydrogens is 360 g/mol. The van der Waals surface area contributed by atoms with Gasteiger partial charge in [-0.05, 0) is 41.1 Å². The molecule has 128 valence electrons. The summed E-state index contributed by atoms with van der Waals surface area (Å²) in [7, 11) is 0. The molecule has 0 unspecified atom stereocenters. The maximum atomic E-state index is 11.9. The van der Waals surface area contributed by atoms with Crippen molar-refractivity contribution in [3.05, 3.63) is 82.6 Å². The number of cyclic esters (lactones) is 1. The normalized spacial score (nSPS) is 15.8. The van der Waals surface area contributed by atoms with Crippen LogP contribution in [0.4, 0.5) is 0 Å². The monoisotopic (exact) mass is 376 g/mol. The summed E-state index contributed by atoms with van der Waals surface area (Å²) in [6.45, 7) is 0. The Morgan fingerprint density at radius 2 is 1.35 bits per heavy atom. The Labute approximate surface area is 159 Å². The van der Waals surface area contributed by atoms with Gasteiger partial charge in [-0.25, -0.2) is 4.79 Å². The summed E-state index contributed by atoms with van der Waals surface area (Å²) >= 11 is 3.56. The van der Waals surface area contributed by atoms with Gasteiger partial charge < -0.3 is 4.74 Å². The molecule has 1 aliphatic rings. The van der Waals surface area contributed by atoms with Gasteiger partial charge in [0.05, 0.1) is 0 Å². The van der Waals surface area contributed by atoms with Crippen LogP contribution in [-0.4, -0.2) is 11.6 Å². The van der Waals surface area contributed by atoms with E-state index in [1.807, 2.05) is 6.08 Å². The molecule has 0 spiro atoms. The molecule has 5 rings (SSSR count). The van der Waals surface area contributed by atoms with E-state index in [2.05, 4.69) is 60.7 Å². The minimum atomic E-state index is -0.584. The Kier molecular flexibility index (Phi) is 3.69. The fourth-order valence-electron chi connectivity index (χ4n) is 3.58. The first-order chi connectivity index (χ1) is 12.7. The number of rotatable bonds is 4. The van der Waals surface area contributed by atoms with Crippen LogP contribution < -0.4 is 0 Å². The first kappa shape index (κ1) is 15.8. The van der Waals surface area contributed by atoms with Gasteiger partial charge in [0.2, 0.25) is 0 Å². The molecule has 4 aromatic rings. The number of hydrogen-bond acceptors (Lipinski definition) is 4. The van der Waals surface area contributed by atoms with Crippen LogP contribution >= 0.6 is 22.7 Å². The second kappa shape index (κ2) is 6.08. The van der Waals surface area contributed by atoms with Gasteiger partial charge in [0.15, 0.2) is 0 Å². The quantitative estimate of drug-likeness (QED) is 0.424. The number of carbonyl (C=O) groups is 1. The summed E-state index contributed by atoms with van der Waals surface area (Å²) in [5.74, 6) is -0.243. The molecule has 4 heteroatoms. The maximum Gasteiger partial charge on any atom is 0.331 e. The highest BCUT2D eigenvalue weighted by Gasteiger charge is 2.37. The van der Waals surface area contributed by atoms with E-state index < -0.39 is 5.60 Å². The van der Waals surface area contributed by atoms with Crippen molar-refractivity contribution in [2.75, 3.05) is 0 Å². The topological polar surface area (TPSA) is 26.3 Å². The lowest BCUT2D eigenvalue weighted by Gasteiger charge is -2.25. The Balaban J connectivity index is 1.49. The number of benzene rings is 2. The third kappa shape index (κ3) is 2.85. The van der Waals surface area contributed by atoms with Crippen LogP contribution in [0.2, 0.25) is 0 Å². The lowest BCUT2D eigenvalue weighted by molar-refractivity contribution is -0.145. The average molecular weight is 377 g/mol. The van der Waals surface area contributed by atoms with E-state index in [1.54, 1.807) is 28.7 Å². The van der Waals surface area contributed by atoms with Crippen molar-refractivity contribution >= 4 is 48.8 Å². The summed E-state index contributed by atoms with van der Waals surface area (Å²) in [6.07, 6.45) is 4.94. The fourth-order valence-corrected chi connectivity index (χ4v) is 5.93. The van der Waals surface area contributed by atoms with E-state index in [1.165, 1.54) is 29.9 Å². The highest BCUT2D eigenvalue weighted by molar-refractivity contribution is 7.19. The minimum absolute atomic E-state index is 0.243. The van der Waals surface area contributed by atoms with Crippen LogP contribution in [0.25, 0.3) is 20.2 Å². The highest BCUT2D eigenvalue weighted by Crippen LogP contribution is 2.36. The van der Waals surface area contributed by atoms with Crippen molar-refractivity contribution in [2.45, 2.75) is 18.4 Å². The van der Waals surface area contributed by atoms with E-state index in [4.69, 9.17) is 4.74 Å². The Bertz CT molecular complexity index is 1010. The van der Waals surface area contributed by atoms with Gasteiger partial charge in [-0.15, -0.1) is 22.7 Å². The minimum Gasteiger partial charge on any atom is -0.451 e. The molecule has 0 fully saturated rings. The van der Waals surface area contributed by atoms with Crippen LogP contribution in [0, 0.1) is 0 Å². The molecule has 1 aliphatic heterocycles. The summed E-state index contributed by atoms with van der Waals surface area (Å²) in [5.41, 5.74) is -0.584. The zero-order valence-electron chi connectivity index (χ0n) is 14.0. The molecule has 0 N–H and O–H groups in total. The lowest BCUT2D eigenvalue weighted by Crippen LogP contribution is -2.33. The molecule has 3 heterocycles. The predicted octanol–water partition coefficient (Wildman–Crippen LogP) is 5.75. The SMILES string of the molecule is O=C1C=CC(Cc2cc3ccccc3s2)(Cc2cc3ccccc3s2)O1. The van der Waals surface area contributed by atoms with E-state index in [-0.39, 0.29) is 5.97 Å². The molecule has 0 saturated heterocycles. The van der Waals surface area contributed by atoms with Crippen molar-refractivity contribution in [1.29, 1.82) is 0 Å². The third-order valence-electron chi connectivity index (χ3n) is 4.73. The summed E-state index contributed by atoms with van der Waals surface area (Å²) in [4.78, 5) is 14.4. The van der Waals surface area contributed by atoms with Crippen molar-refractivity contribution in [1.82, 2.24) is 0 Å². The molecule has 0 atom stereocenters. The van der Waals surface area contributed by atoms with Gasteiger partial charge in [-0.2, -0.15) is 0 Å². The van der Waals surface area contributed by atoms with Crippen LogP contribution in [0.5, 0.6) is 0 Å². The van der Waals surface area contributed by atoms with Gasteiger partial charge in [0.1, 0.15) is 5.60 Å². The first-order valence-electron chi connectivity index (χ1n) is 8.56. The van der Waals surface area contributed by atoms with Crippen molar-refractivity contribution < 1.29 is 9.53 Å². The molecule has 0 amide bonds. The second-order valence-electron chi connectivity index (χ2n) is 6.67. The lowest BCUT2D eigenvalue weighted by atomic mass is 9.93. The van der Waals surface area contributed by atoms with Gasteiger partial charge in [0, 0.05) is 38.1 Å². The molecule has 2 aromatic heterocycles. The van der Waals surface area contributed by atoms with Gasteiger partial charge >= 0.3 is 5.97 Å². The van der Waals surface area contributed by atoms with Crippen LogP contribution in [0.1, 0.15) is 9.75 Å². The standard InChI is InChI=1S/C22H16O2S2/c23-21-9-10-22(24-21,13-17-11-15-5-1-3-7-19(15)25-17)14-18-12-16-6-2-4-8-20(16)26-18/h1-12H,13-14H2. The summed E-state index contributed by atoms with van der Waals surface area (Å²) < 4.78 is 8.35. The van der Waals surface area contributed by atoms with Gasteiger partial charge in [-0.1, -0.05) is 36.4 Å². The number of ether oxygens (including phenoxy) is 1. The molecular formula is C22H16O2S2. The largest absolute Gasteiger partial charge is 0.451 e. The number of hydrogen-bond donors (Lipinski definition) is 0. The molecule has 26 heavy (non-hydrogen) atoms. The third-order valence-corrected chi connectivity index (χ3v) is 6.96. The molecule has 0 saturated carbocycles. The van der Waals surface area contributed by atoms with Crippen LogP contribution in [0.15, 0.2) is 72.8 Å². The van der Waals surface area contributed by atoms with Gasteiger partial charge in [0.25, 0.3) is 0 Å². The number of fused-ring (bicyclic) bond motifs is 2. The summed E-state index contributed by atoms with van der Waals surface area (Å²) in [5, 5.41) is 2.50. The zero-order valence-corrected chi connectivity index (χ0v) is 15.6. The van der Waals surface area contributed by atoms with E-state index in [9.17, 15) is 4.79 Å². The zero-order chi connectivity index (χ0) is 17.6. The highest BCUT2D eigenvalue weighted by atomic mass is 32.1. The Morgan fingerprint density at radius 3 is 1.81 bits per heavy atom. The molecule has 2 aromatic carbocycles. The smallest absolute Gasteiger partial charge is 0.331 e. The van der Waals surface area contributed by atoms with Crippen molar-refractivity contribution in [3.8, 4) is 0 Å². The van der Waals surface area contributed by atoms with Crippen molar-refractivity contribution in [2.24, 2.45) is 0 Å². The maximum absolute atomic E-state index is 11.9.